The van der Waals surface area contributed by atoms with Crippen LogP contribution in [0.4, 0.5) is 0 Å². The second kappa shape index (κ2) is 7.63. The zero-order chi connectivity index (χ0) is 17.0. The Morgan fingerprint density at radius 2 is 2.17 bits per heavy atom. The number of aryl methyl sites for hydroxylation is 2. The van der Waals surface area contributed by atoms with Gasteiger partial charge in [0.05, 0.1) is 25.4 Å². The maximum atomic E-state index is 12.5. The summed E-state index contributed by atoms with van der Waals surface area (Å²) in [5.41, 5.74) is -0.781. The largest absolute Gasteiger partial charge is 0.387 e. The maximum Gasteiger partial charge on any atom is 0.224 e. The highest BCUT2D eigenvalue weighted by Crippen LogP contribution is 2.23. The van der Waals surface area contributed by atoms with Crippen molar-refractivity contribution in [2.75, 3.05) is 45.9 Å². The topological polar surface area (TPSA) is 70.8 Å². The van der Waals surface area contributed by atoms with Gasteiger partial charge >= 0.3 is 0 Å². The van der Waals surface area contributed by atoms with Gasteiger partial charge in [-0.15, -0.1) is 0 Å². The molecule has 24 heavy (non-hydrogen) atoms. The van der Waals surface area contributed by atoms with E-state index in [1.165, 1.54) is 0 Å². The van der Waals surface area contributed by atoms with E-state index in [0.717, 1.165) is 38.5 Å². The number of imidazole rings is 1. The number of aromatic nitrogens is 2. The molecule has 2 fully saturated rings. The third kappa shape index (κ3) is 4.15. The van der Waals surface area contributed by atoms with Gasteiger partial charge in [0.25, 0.3) is 0 Å². The Morgan fingerprint density at radius 3 is 2.92 bits per heavy atom. The van der Waals surface area contributed by atoms with Crippen molar-refractivity contribution >= 4 is 5.91 Å². The van der Waals surface area contributed by atoms with Crippen molar-refractivity contribution in [3.63, 3.8) is 0 Å². The Bertz CT molecular complexity index is 556. The number of carbonyl (C=O) groups is 1. The number of likely N-dealkylation sites (tertiary alicyclic amines) is 1. The molecule has 0 spiro atoms. The molecule has 2 saturated heterocycles. The first-order valence-electron chi connectivity index (χ1n) is 8.90. The number of rotatable bonds is 6. The summed E-state index contributed by atoms with van der Waals surface area (Å²) in [5.74, 6) is 1.12. The van der Waals surface area contributed by atoms with Gasteiger partial charge in [-0.05, 0) is 6.42 Å². The lowest BCUT2D eigenvalue weighted by Crippen LogP contribution is -2.49. The minimum absolute atomic E-state index is 0.114. The van der Waals surface area contributed by atoms with Crippen molar-refractivity contribution in [3.8, 4) is 0 Å². The van der Waals surface area contributed by atoms with Gasteiger partial charge in [-0.2, -0.15) is 0 Å². The molecule has 7 heteroatoms. The molecule has 0 aromatic carbocycles. The van der Waals surface area contributed by atoms with Crippen LogP contribution in [0.1, 0.15) is 25.6 Å². The predicted octanol–water partition coefficient (Wildman–Crippen LogP) is 0.131. The molecule has 2 aliphatic rings. The fraction of sp³-hybridized carbons (Fsp3) is 0.765. The third-order valence-corrected chi connectivity index (χ3v) is 4.99. The van der Waals surface area contributed by atoms with Crippen LogP contribution < -0.4 is 0 Å². The lowest BCUT2D eigenvalue weighted by atomic mass is 10.0. The van der Waals surface area contributed by atoms with Crippen LogP contribution in [0.2, 0.25) is 0 Å². The number of hydrogen-bond donors (Lipinski definition) is 1. The number of hydrogen-bond acceptors (Lipinski definition) is 5. The molecule has 134 valence electrons. The SMILES string of the molecule is CCc1nccn1CCC(=O)N1CC[C@@](O)(CN2CCOCC2)C1. The van der Waals surface area contributed by atoms with Gasteiger partial charge < -0.3 is 19.3 Å². The molecule has 2 aliphatic heterocycles. The lowest BCUT2D eigenvalue weighted by molar-refractivity contribution is -0.131. The number of morpholine rings is 1. The summed E-state index contributed by atoms with van der Waals surface area (Å²) in [5, 5.41) is 10.8. The van der Waals surface area contributed by atoms with Crippen LogP contribution in [-0.4, -0.2) is 81.9 Å². The summed E-state index contributed by atoms with van der Waals surface area (Å²) in [7, 11) is 0. The zero-order valence-corrected chi connectivity index (χ0v) is 14.5. The Balaban J connectivity index is 1.48. The van der Waals surface area contributed by atoms with Gasteiger partial charge in [-0.25, -0.2) is 4.98 Å². The van der Waals surface area contributed by atoms with Crippen molar-refractivity contribution in [1.29, 1.82) is 0 Å². The summed E-state index contributed by atoms with van der Waals surface area (Å²) in [6, 6.07) is 0. The van der Waals surface area contributed by atoms with Gasteiger partial charge in [-0.1, -0.05) is 6.92 Å². The van der Waals surface area contributed by atoms with E-state index in [4.69, 9.17) is 4.74 Å². The molecule has 3 heterocycles. The van der Waals surface area contributed by atoms with E-state index >= 15 is 0 Å². The predicted molar refractivity (Wildman–Crippen MR) is 89.6 cm³/mol. The van der Waals surface area contributed by atoms with E-state index in [9.17, 15) is 9.90 Å². The van der Waals surface area contributed by atoms with Crippen molar-refractivity contribution in [3.05, 3.63) is 18.2 Å². The quantitative estimate of drug-likeness (QED) is 0.800. The zero-order valence-electron chi connectivity index (χ0n) is 14.5. The fourth-order valence-corrected chi connectivity index (χ4v) is 3.61. The summed E-state index contributed by atoms with van der Waals surface area (Å²) in [6.07, 6.45) is 5.67. The van der Waals surface area contributed by atoms with Gasteiger partial charge in [0.1, 0.15) is 5.82 Å². The summed E-state index contributed by atoms with van der Waals surface area (Å²) in [6.45, 7) is 7.59. The number of β-amino-alcohol motifs (C(OH)–C–C–N with tert-alkyl or cyclic N) is 1. The summed E-state index contributed by atoms with van der Waals surface area (Å²) in [4.78, 5) is 20.8. The standard InChI is InChI=1S/C17H28N4O3/c1-2-15-18-5-8-20(15)6-3-16(22)21-7-4-17(23,14-21)13-19-9-11-24-12-10-19/h5,8,23H,2-4,6-7,9-14H2,1H3/t17-/m1/s1. The molecule has 1 atom stereocenters. The van der Waals surface area contributed by atoms with Crippen molar-refractivity contribution in [2.24, 2.45) is 0 Å². The smallest absolute Gasteiger partial charge is 0.224 e. The van der Waals surface area contributed by atoms with Gasteiger partial charge in [0.15, 0.2) is 0 Å². The number of nitrogens with zero attached hydrogens (tertiary/aromatic N) is 4. The van der Waals surface area contributed by atoms with Crippen LogP contribution >= 0.6 is 0 Å². The molecule has 0 bridgehead atoms. The molecule has 3 rings (SSSR count). The molecular weight excluding hydrogens is 308 g/mol. The third-order valence-electron chi connectivity index (χ3n) is 4.99. The van der Waals surface area contributed by atoms with E-state index in [1.54, 1.807) is 6.20 Å². The molecule has 0 saturated carbocycles. The van der Waals surface area contributed by atoms with Crippen LogP contribution in [0.25, 0.3) is 0 Å². The first kappa shape index (κ1) is 17.4. The first-order chi connectivity index (χ1) is 11.6. The highest BCUT2D eigenvalue weighted by Gasteiger charge is 2.39. The monoisotopic (exact) mass is 336 g/mol. The van der Waals surface area contributed by atoms with Gasteiger partial charge in [0, 0.05) is 58.0 Å². The van der Waals surface area contributed by atoms with E-state index in [-0.39, 0.29) is 5.91 Å². The first-order valence-corrected chi connectivity index (χ1v) is 8.90. The van der Waals surface area contributed by atoms with E-state index in [0.29, 0.717) is 39.0 Å². The average molecular weight is 336 g/mol. The Kier molecular flexibility index (Phi) is 5.53. The molecule has 7 nitrogen and oxygen atoms in total. The van der Waals surface area contributed by atoms with E-state index < -0.39 is 5.60 Å². The summed E-state index contributed by atoms with van der Waals surface area (Å²) >= 11 is 0. The minimum atomic E-state index is -0.781. The highest BCUT2D eigenvalue weighted by molar-refractivity contribution is 5.76. The van der Waals surface area contributed by atoms with E-state index in [2.05, 4.69) is 16.8 Å². The Hall–Kier alpha value is -1.44. The number of amides is 1. The lowest BCUT2D eigenvalue weighted by Gasteiger charge is -2.33. The number of aliphatic hydroxyl groups is 1. The minimum Gasteiger partial charge on any atom is -0.387 e. The molecule has 0 radical (unpaired) electrons. The van der Waals surface area contributed by atoms with Crippen LogP contribution in [-0.2, 0) is 22.5 Å². The molecule has 1 N–H and O–H groups in total. The van der Waals surface area contributed by atoms with Crippen molar-refractivity contribution in [1.82, 2.24) is 19.4 Å². The van der Waals surface area contributed by atoms with Crippen molar-refractivity contribution in [2.45, 2.75) is 38.3 Å². The number of ether oxygens (including phenoxy) is 1. The van der Waals surface area contributed by atoms with Crippen LogP contribution in [0.5, 0.6) is 0 Å². The Morgan fingerprint density at radius 1 is 1.38 bits per heavy atom. The molecule has 1 aromatic heterocycles. The molecule has 1 amide bonds. The van der Waals surface area contributed by atoms with E-state index in [1.807, 2.05) is 15.7 Å². The normalized spacial score (nSPS) is 25.3. The Labute approximate surface area is 143 Å². The van der Waals surface area contributed by atoms with Gasteiger partial charge in [-0.3, -0.25) is 9.69 Å². The van der Waals surface area contributed by atoms with Crippen LogP contribution in [0, 0.1) is 0 Å². The molecular formula is C17H28N4O3. The fourth-order valence-electron chi connectivity index (χ4n) is 3.61. The second-order valence-electron chi connectivity index (χ2n) is 6.82. The van der Waals surface area contributed by atoms with Crippen LogP contribution in [0.3, 0.4) is 0 Å². The molecule has 0 unspecified atom stereocenters. The maximum absolute atomic E-state index is 12.5. The average Bonchev–Trinajstić information content (AvgIpc) is 3.20. The second-order valence-corrected chi connectivity index (χ2v) is 6.82. The molecule has 1 aromatic rings. The summed E-state index contributed by atoms with van der Waals surface area (Å²) < 4.78 is 7.38. The van der Waals surface area contributed by atoms with Gasteiger partial charge in [0.2, 0.25) is 5.91 Å². The molecule has 0 aliphatic carbocycles. The van der Waals surface area contributed by atoms with Crippen molar-refractivity contribution < 1.29 is 14.6 Å². The van der Waals surface area contributed by atoms with Crippen LogP contribution in [0.15, 0.2) is 12.4 Å². The number of carbonyl (C=O) groups excluding carboxylic acids is 1. The highest BCUT2D eigenvalue weighted by atomic mass is 16.5.